The van der Waals surface area contributed by atoms with E-state index in [0.717, 1.165) is 39.8 Å². The Hall–Kier alpha value is -2.44. The summed E-state index contributed by atoms with van der Waals surface area (Å²) in [6.45, 7) is 3.27. The Morgan fingerprint density at radius 1 is 1.03 bits per heavy atom. The van der Waals surface area contributed by atoms with Crippen molar-refractivity contribution in [2.75, 3.05) is 13.1 Å². The number of amides is 1. The Morgan fingerprint density at radius 3 is 2.37 bits per heavy atom. The Morgan fingerprint density at radius 2 is 1.73 bits per heavy atom. The van der Waals surface area contributed by atoms with Gasteiger partial charge in [-0.3, -0.25) is 9.59 Å². The summed E-state index contributed by atoms with van der Waals surface area (Å²) in [5.41, 5.74) is 2.57. The van der Waals surface area contributed by atoms with Crippen molar-refractivity contribution in [3.05, 3.63) is 81.8 Å². The summed E-state index contributed by atoms with van der Waals surface area (Å²) in [7, 11) is 0. The summed E-state index contributed by atoms with van der Waals surface area (Å²) < 4.78 is 0. The maximum atomic E-state index is 12.9. The van der Waals surface area contributed by atoms with Crippen LogP contribution in [0, 0.1) is 12.8 Å². The van der Waals surface area contributed by atoms with Gasteiger partial charge in [-0.05, 0) is 44.0 Å². The lowest BCUT2D eigenvalue weighted by atomic mass is 9.88. The maximum absolute atomic E-state index is 12.9. The van der Waals surface area contributed by atoms with Crippen molar-refractivity contribution < 1.29 is 9.59 Å². The molecule has 3 aromatic rings. The van der Waals surface area contributed by atoms with Gasteiger partial charge in [-0.15, -0.1) is 23.1 Å². The second-order valence-electron chi connectivity index (χ2n) is 7.47. The zero-order valence-electron chi connectivity index (χ0n) is 16.9. The van der Waals surface area contributed by atoms with E-state index in [9.17, 15) is 9.59 Å². The van der Waals surface area contributed by atoms with Gasteiger partial charge in [-0.1, -0.05) is 30.3 Å². The molecule has 0 N–H and O–H groups in total. The number of aromatic nitrogens is 1. The SMILES string of the molecule is Cc1nc(CSc2ccc(C(=O)N3CCC(C(=O)c4ccccc4)CC3)cc2)cs1. The largest absolute Gasteiger partial charge is 0.339 e. The fourth-order valence-corrected chi connectivity index (χ4v) is 5.20. The van der Waals surface area contributed by atoms with Crippen molar-refractivity contribution in [1.82, 2.24) is 9.88 Å². The van der Waals surface area contributed by atoms with E-state index < -0.39 is 0 Å². The van der Waals surface area contributed by atoms with Crippen LogP contribution in [0.4, 0.5) is 0 Å². The number of thioether (sulfide) groups is 1. The van der Waals surface area contributed by atoms with Gasteiger partial charge in [0, 0.05) is 46.2 Å². The molecular weight excluding hydrogens is 412 g/mol. The van der Waals surface area contributed by atoms with Crippen molar-refractivity contribution in [2.45, 2.75) is 30.4 Å². The standard InChI is InChI=1S/C24H24N2O2S2/c1-17-25-21(15-29-17)16-30-22-9-7-20(8-10-22)24(28)26-13-11-19(12-14-26)23(27)18-5-3-2-4-6-18/h2-10,15,19H,11-14,16H2,1H3. The van der Waals surface area contributed by atoms with Crippen LogP contribution >= 0.6 is 23.1 Å². The highest BCUT2D eigenvalue weighted by Crippen LogP contribution is 2.26. The van der Waals surface area contributed by atoms with Crippen LogP contribution in [-0.4, -0.2) is 34.7 Å². The van der Waals surface area contributed by atoms with Gasteiger partial charge in [-0.25, -0.2) is 4.98 Å². The first-order valence-electron chi connectivity index (χ1n) is 10.1. The molecule has 1 saturated heterocycles. The highest BCUT2D eigenvalue weighted by Gasteiger charge is 2.28. The molecule has 0 atom stereocenters. The normalized spacial score (nSPS) is 14.6. The van der Waals surface area contributed by atoms with E-state index in [-0.39, 0.29) is 17.6 Å². The first kappa shape index (κ1) is 20.8. The van der Waals surface area contributed by atoms with E-state index in [4.69, 9.17) is 0 Å². The van der Waals surface area contributed by atoms with Gasteiger partial charge >= 0.3 is 0 Å². The second-order valence-corrected chi connectivity index (χ2v) is 9.58. The van der Waals surface area contributed by atoms with Crippen LogP contribution in [0.15, 0.2) is 64.9 Å². The van der Waals surface area contributed by atoms with E-state index in [1.54, 1.807) is 23.1 Å². The maximum Gasteiger partial charge on any atom is 0.253 e. The number of hydrogen-bond acceptors (Lipinski definition) is 5. The van der Waals surface area contributed by atoms with E-state index >= 15 is 0 Å². The third-order valence-corrected chi connectivity index (χ3v) is 7.23. The first-order valence-corrected chi connectivity index (χ1v) is 12.0. The fourth-order valence-electron chi connectivity index (χ4n) is 3.69. The number of thiazole rings is 1. The first-order chi connectivity index (χ1) is 14.6. The number of benzene rings is 2. The number of Topliss-reactive ketones (excluding diaryl/α,β-unsaturated/α-hetero) is 1. The molecule has 0 radical (unpaired) electrons. The number of aryl methyl sites for hydroxylation is 1. The number of likely N-dealkylation sites (tertiary alicyclic amines) is 1. The third kappa shape index (κ3) is 4.99. The summed E-state index contributed by atoms with van der Waals surface area (Å²) in [6.07, 6.45) is 1.45. The number of nitrogens with zero attached hydrogens (tertiary/aromatic N) is 2. The summed E-state index contributed by atoms with van der Waals surface area (Å²) in [6, 6.07) is 17.3. The van der Waals surface area contributed by atoms with Crippen LogP contribution in [0.25, 0.3) is 0 Å². The molecular formula is C24H24N2O2S2. The topological polar surface area (TPSA) is 50.3 Å². The number of rotatable bonds is 6. The molecule has 0 aliphatic carbocycles. The quantitative estimate of drug-likeness (QED) is 0.379. The Bertz CT molecular complexity index is 1010. The molecule has 30 heavy (non-hydrogen) atoms. The Labute approximate surface area is 185 Å². The number of carbonyl (C=O) groups excluding carboxylic acids is 2. The number of ketones is 1. The summed E-state index contributed by atoms with van der Waals surface area (Å²) in [4.78, 5) is 33.0. The summed E-state index contributed by atoms with van der Waals surface area (Å²) >= 11 is 3.39. The molecule has 0 bridgehead atoms. The van der Waals surface area contributed by atoms with Gasteiger partial charge < -0.3 is 4.90 Å². The van der Waals surface area contributed by atoms with Crippen molar-refractivity contribution in [3.63, 3.8) is 0 Å². The van der Waals surface area contributed by atoms with E-state index in [1.165, 1.54) is 0 Å². The Balaban J connectivity index is 1.30. The van der Waals surface area contributed by atoms with Crippen molar-refractivity contribution in [2.24, 2.45) is 5.92 Å². The van der Waals surface area contributed by atoms with E-state index in [1.807, 2.05) is 66.4 Å². The zero-order chi connectivity index (χ0) is 20.9. The van der Waals surface area contributed by atoms with Crippen molar-refractivity contribution in [3.8, 4) is 0 Å². The third-order valence-electron chi connectivity index (χ3n) is 5.37. The average Bonchev–Trinajstić information content (AvgIpc) is 3.23. The molecule has 2 aromatic carbocycles. The molecule has 0 spiro atoms. The minimum Gasteiger partial charge on any atom is -0.339 e. The lowest BCUT2D eigenvalue weighted by molar-refractivity contribution is 0.0650. The van der Waals surface area contributed by atoms with Crippen LogP contribution in [0.5, 0.6) is 0 Å². The predicted octanol–water partition coefficient (Wildman–Crippen LogP) is 5.48. The molecule has 1 aliphatic rings. The van der Waals surface area contributed by atoms with Gasteiger partial charge in [-0.2, -0.15) is 0 Å². The molecule has 1 aliphatic heterocycles. The monoisotopic (exact) mass is 436 g/mol. The van der Waals surface area contributed by atoms with Crippen LogP contribution in [0.3, 0.4) is 0 Å². The van der Waals surface area contributed by atoms with Crippen LogP contribution in [0.2, 0.25) is 0 Å². The zero-order valence-corrected chi connectivity index (χ0v) is 18.5. The molecule has 2 heterocycles. The lowest BCUT2D eigenvalue weighted by Gasteiger charge is -2.31. The second kappa shape index (κ2) is 9.58. The predicted molar refractivity (Wildman–Crippen MR) is 122 cm³/mol. The van der Waals surface area contributed by atoms with Crippen molar-refractivity contribution in [1.29, 1.82) is 0 Å². The summed E-state index contributed by atoms with van der Waals surface area (Å²) in [5, 5.41) is 3.17. The fraction of sp³-hybridized carbons (Fsp3) is 0.292. The summed E-state index contributed by atoms with van der Waals surface area (Å²) in [5.74, 6) is 1.08. The van der Waals surface area contributed by atoms with Gasteiger partial charge in [0.1, 0.15) is 0 Å². The van der Waals surface area contributed by atoms with Crippen LogP contribution < -0.4 is 0 Å². The molecule has 1 aromatic heterocycles. The van der Waals surface area contributed by atoms with Gasteiger partial charge in [0.25, 0.3) is 5.91 Å². The molecule has 1 fully saturated rings. The molecule has 4 nitrogen and oxygen atoms in total. The van der Waals surface area contributed by atoms with Gasteiger partial charge in [0.15, 0.2) is 5.78 Å². The van der Waals surface area contributed by atoms with Gasteiger partial charge in [0.05, 0.1) is 10.7 Å². The van der Waals surface area contributed by atoms with E-state index in [2.05, 4.69) is 10.4 Å². The number of carbonyl (C=O) groups is 2. The number of piperidine rings is 1. The highest BCUT2D eigenvalue weighted by atomic mass is 32.2. The molecule has 154 valence electrons. The smallest absolute Gasteiger partial charge is 0.253 e. The van der Waals surface area contributed by atoms with E-state index in [0.29, 0.717) is 18.7 Å². The van der Waals surface area contributed by atoms with Crippen LogP contribution in [0.1, 0.15) is 44.3 Å². The molecule has 1 amide bonds. The molecule has 0 saturated carbocycles. The minimum atomic E-state index is 0.00424. The lowest BCUT2D eigenvalue weighted by Crippen LogP contribution is -2.40. The van der Waals surface area contributed by atoms with Gasteiger partial charge in [0.2, 0.25) is 0 Å². The average molecular weight is 437 g/mol. The minimum absolute atomic E-state index is 0.00424. The highest BCUT2D eigenvalue weighted by molar-refractivity contribution is 7.98. The van der Waals surface area contributed by atoms with Crippen LogP contribution in [-0.2, 0) is 5.75 Å². The van der Waals surface area contributed by atoms with Crippen molar-refractivity contribution >= 4 is 34.8 Å². The molecule has 4 rings (SSSR count). The molecule has 6 heteroatoms. The Kier molecular flexibility index (Phi) is 6.65. The molecule has 0 unspecified atom stereocenters. The number of hydrogen-bond donors (Lipinski definition) is 0.